The number of rotatable bonds is 3. The van der Waals surface area contributed by atoms with Crippen molar-refractivity contribution < 1.29 is 19.1 Å². The van der Waals surface area contributed by atoms with E-state index in [1.54, 1.807) is 20.8 Å². The fraction of sp³-hybridized carbons (Fsp3) is 0.750. The standard InChI is InChI=1S/C8H15NO4/c1-8(2,3)13-7(11)5-12-6(10)4-9/h4-5,9H2,1-3H3. The third-order valence-corrected chi connectivity index (χ3v) is 0.938. The molecule has 2 N–H and O–H groups in total. The Hall–Kier alpha value is -1.10. The molecule has 0 bridgehead atoms. The summed E-state index contributed by atoms with van der Waals surface area (Å²) < 4.78 is 9.34. The minimum absolute atomic E-state index is 0.233. The summed E-state index contributed by atoms with van der Waals surface area (Å²) in [5.41, 5.74) is 4.40. The lowest BCUT2D eigenvalue weighted by atomic mass is 10.2. The summed E-state index contributed by atoms with van der Waals surface area (Å²) in [4.78, 5) is 21.5. The first-order chi connectivity index (χ1) is 5.85. The zero-order valence-electron chi connectivity index (χ0n) is 8.12. The topological polar surface area (TPSA) is 78.6 Å². The number of ether oxygens (including phenoxy) is 2. The molecule has 0 fully saturated rings. The van der Waals surface area contributed by atoms with E-state index in [9.17, 15) is 9.59 Å². The van der Waals surface area contributed by atoms with Crippen molar-refractivity contribution in [2.24, 2.45) is 5.73 Å². The highest BCUT2D eigenvalue weighted by Crippen LogP contribution is 2.06. The van der Waals surface area contributed by atoms with E-state index in [0.717, 1.165) is 0 Å². The van der Waals surface area contributed by atoms with Crippen molar-refractivity contribution in [1.29, 1.82) is 0 Å². The van der Waals surface area contributed by atoms with Gasteiger partial charge in [0.1, 0.15) is 5.60 Å². The average molecular weight is 189 g/mol. The van der Waals surface area contributed by atoms with Gasteiger partial charge in [-0.2, -0.15) is 0 Å². The van der Waals surface area contributed by atoms with E-state index in [1.165, 1.54) is 0 Å². The Morgan fingerprint density at radius 3 is 2.15 bits per heavy atom. The lowest BCUT2D eigenvalue weighted by Crippen LogP contribution is -2.28. The third-order valence-electron chi connectivity index (χ3n) is 0.938. The molecule has 0 aliphatic rings. The van der Waals surface area contributed by atoms with Gasteiger partial charge in [-0.3, -0.25) is 4.79 Å². The second-order valence-corrected chi connectivity index (χ2v) is 3.45. The monoisotopic (exact) mass is 189 g/mol. The van der Waals surface area contributed by atoms with Crippen molar-refractivity contribution in [3.8, 4) is 0 Å². The number of esters is 2. The van der Waals surface area contributed by atoms with Crippen LogP contribution in [-0.2, 0) is 19.1 Å². The lowest BCUT2D eigenvalue weighted by Gasteiger charge is -2.19. The number of carbonyl (C=O) groups is 2. The molecule has 0 rings (SSSR count). The molecule has 13 heavy (non-hydrogen) atoms. The highest BCUT2D eigenvalue weighted by atomic mass is 16.6. The first-order valence-corrected chi connectivity index (χ1v) is 3.92. The maximum absolute atomic E-state index is 10.9. The molecule has 0 heterocycles. The van der Waals surface area contributed by atoms with Crippen LogP contribution in [0.3, 0.4) is 0 Å². The van der Waals surface area contributed by atoms with E-state index in [-0.39, 0.29) is 13.2 Å². The summed E-state index contributed by atoms with van der Waals surface area (Å²) in [5, 5.41) is 0. The third kappa shape index (κ3) is 7.27. The largest absolute Gasteiger partial charge is 0.457 e. The molecule has 0 atom stereocenters. The Kier molecular flexibility index (Phi) is 4.40. The Balaban J connectivity index is 3.71. The van der Waals surface area contributed by atoms with Crippen LogP contribution in [-0.4, -0.2) is 30.7 Å². The molecule has 0 saturated carbocycles. The van der Waals surface area contributed by atoms with Crippen LogP contribution in [0.25, 0.3) is 0 Å². The van der Waals surface area contributed by atoms with Gasteiger partial charge in [0.15, 0.2) is 6.61 Å². The average Bonchev–Trinajstić information content (AvgIpc) is 1.97. The normalized spacial score (nSPS) is 10.8. The van der Waals surface area contributed by atoms with Crippen molar-refractivity contribution in [2.75, 3.05) is 13.2 Å². The van der Waals surface area contributed by atoms with Gasteiger partial charge in [-0.15, -0.1) is 0 Å². The molecule has 0 aromatic heterocycles. The Morgan fingerprint density at radius 1 is 1.23 bits per heavy atom. The van der Waals surface area contributed by atoms with Crippen LogP contribution in [0.5, 0.6) is 0 Å². The van der Waals surface area contributed by atoms with E-state index in [4.69, 9.17) is 10.5 Å². The van der Waals surface area contributed by atoms with Crippen molar-refractivity contribution in [3.05, 3.63) is 0 Å². The van der Waals surface area contributed by atoms with Gasteiger partial charge < -0.3 is 15.2 Å². The second-order valence-electron chi connectivity index (χ2n) is 3.45. The summed E-state index contributed by atoms with van der Waals surface area (Å²) in [6.45, 7) is 4.58. The molecule has 0 aliphatic heterocycles. The summed E-state index contributed by atoms with van der Waals surface area (Å²) in [5.74, 6) is -1.19. The molecule has 0 unspecified atom stereocenters. The first-order valence-electron chi connectivity index (χ1n) is 3.92. The number of hydrogen-bond acceptors (Lipinski definition) is 5. The van der Waals surface area contributed by atoms with E-state index < -0.39 is 17.5 Å². The quantitative estimate of drug-likeness (QED) is 0.623. The maximum atomic E-state index is 10.9. The SMILES string of the molecule is CC(C)(C)OC(=O)COC(=O)CN. The zero-order chi connectivity index (χ0) is 10.5. The molecule has 76 valence electrons. The second kappa shape index (κ2) is 4.81. The molecule has 0 aliphatic carbocycles. The van der Waals surface area contributed by atoms with Crippen molar-refractivity contribution in [3.63, 3.8) is 0 Å². The molecule has 5 nitrogen and oxygen atoms in total. The zero-order valence-corrected chi connectivity index (χ0v) is 8.12. The minimum Gasteiger partial charge on any atom is -0.457 e. The Morgan fingerprint density at radius 2 is 1.77 bits per heavy atom. The van der Waals surface area contributed by atoms with Gasteiger partial charge in [0.05, 0.1) is 6.54 Å². The fourth-order valence-electron chi connectivity index (χ4n) is 0.569. The Labute approximate surface area is 77.2 Å². The predicted molar refractivity (Wildman–Crippen MR) is 45.9 cm³/mol. The molecule has 0 amide bonds. The van der Waals surface area contributed by atoms with Gasteiger partial charge in [-0.05, 0) is 20.8 Å². The van der Waals surface area contributed by atoms with Crippen LogP contribution >= 0.6 is 0 Å². The summed E-state index contributed by atoms with van der Waals surface area (Å²) in [6.07, 6.45) is 0. The van der Waals surface area contributed by atoms with Gasteiger partial charge in [0.2, 0.25) is 0 Å². The number of hydrogen-bond donors (Lipinski definition) is 1. The van der Waals surface area contributed by atoms with E-state index >= 15 is 0 Å². The molecule has 0 saturated heterocycles. The highest BCUT2D eigenvalue weighted by Gasteiger charge is 2.17. The molecule has 5 heteroatoms. The number of nitrogens with two attached hydrogens (primary N) is 1. The van der Waals surface area contributed by atoms with Gasteiger partial charge in [0.25, 0.3) is 0 Å². The summed E-state index contributed by atoms with van der Waals surface area (Å²) >= 11 is 0. The van der Waals surface area contributed by atoms with E-state index in [2.05, 4.69) is 4.74 Å². The van der Waals surface area contributed by atoms with E-state index in [0.29, 0.717) is 0 Å². The molecule has 0 aromatic carbocycles. The molecule has 0 radical (unpaired) electrons. The highest BCUT2D eigenvalue weighted by molar-refractivity contribution is 5.77. The van der Waals surface area contributed by atoms with Gasteiger partial charge >= 0.3 is 11.9 Å². The summed E-state index contributed by atoms with van der Waals surface area (Å²) in [7, 11) is 0. The van der Waals surface area contributed by atoms with Crippen LogP contribution in [0.2, 0.25) is 0 Å². The van der Waals surface area contributed by atoms with Crippen LogP contribution in [0, 0.1) is 0 Å². The fourth-order valence-corrected chi connectivity index (χ4v) is 0.569. The van der Waals surface area contributed by atoms with E-state index in [1.807, 2.05) is 0 Å². The molecular formula is C8H15NO4. The van der Waals surface area contributed by atoms with Crippen molar-refractivity contribution >= 4 is 11.9 Å². The van der Waals surface area contributed by atoms with Crippen LogP contribution in [0.1, 0.15) is 20.8 Å². The smallest absolute Gasteiger partial charge is 0.344 e. The summed E-state index contributed by atoms with van der Waals surface area (Å²) in [6, 6.07) is 0. The van der Waals surface area contributed by atoms with Crippen molar-refractivity contribution in [1.82, 2.24) is 0 Å². The first kappa shape index (κ1) is 11.9. The maximum Gasteiger partial charge on any atom is 0.344 e. The van der Waals surface area contributed by atoms with Crippen LogP contribution in [0.4, 0.5) is 0 Å². The lowest BCUT2D eigenvalue weighted by molar-refractivity contribution is -0.165. The van der Waals surface area contributed by atoms with Crippen molar-refractivity contribution in [2.45, 2.75) is 26.4 Å². The van der Waals surface area contributed by atoms with Crippen LogP contribution in [0.15, 0.2) is 0 Å². The molecule has 0 aromatic rings. The molecule has 0 spiro atoms. The van der Waals surface area contributed by atoms with Gasteiger partial charge in [-0.25, -0.2) is 4.79 Å². The minimum atomic E-state index is -0.620. The van der Waals surface area contributed by atoms with Gasteiger partial charge in [0, 0.05) is 0 Å². The molecular weight excluding hydrogens is 174 g/mol. The predicted octanol–water partition coefficient (Wildman–Crippen LogP) is -0.170. The van der Waals surface area contributed by atoms with Crippen LogP contribution < -0.4 is 5.73 Å². The van der Waals surface area contributed by atoms with Gasteiger partial charge in [-0.1, -0.05) is 0 Å². The number of carbonyl (C=O) groups excluding carboxylic acids is 2. The Bertz CT molecular complexity index is 195.